The SMILES string of the molecule is CC(C)(C)C(=O)OC(N)/C=C/c1ccccc1. The molecule has 92 valence electrons. The van der Waals surface area contributed by atoms with Gasteiger partial charge < -0.3 is 4.74 Å². The van der Waals surface area contributed by atoms with Crippen molar-refractivity contribution in [3.8, 4) is 0 Å². The molecule has 1 atom stereocenters. The lowest BCUT2D eigenvalue weighted by atomic mass is 9.97. The highest BCUT2D eigenvalue weighted by molar-refractivity contribution is 5.75. The molecule has 3 nitrogen and oxygen atoms in total. The molecule has 0 heterocycles. The molecule has 2 N–H and O–H groups in total. The Hall–Kier alpha value is -1.61. The second-order valence-electron chi connectivity index (χ2n) is 4.89. The first-order valence-electron chi connectivity index (χ1n) is 5.59. The van der Waals surface area contributed by atoms with Crippen LogP contribution in [-0.2, 0) is 9.53 Å². The van der Waals surface area contributed by atoms with Gasteiger partial charge in [-0.1, -0.05) is 36.4 Å². The zero-order chi connectivity index (χ0) is 12.9. The van der Waals surface area contributed by atoms with E-state index in [1.165, 1.54) is 0 Å². The number of hydrogen-bond donors (Lipinski definition) is 1. The van der Waals surface area contributed by atoms with Crippen LogP contribution in [0.3, 0.4) is 0 Å². The van der Waals surface area contributed by atoms with Gasteiger partial charge >= 0.3 is 5.97 Å². The van der Waals surface area contributed by atoms with Gasteiger partial charge in [0.1, 0.15) is 0 Å². The number of rotatable bonds is 3. The number of benzene rings is 1. The third kappa shape index (κ3) is 4.83. The van der Waals surface area contributed by atoms with Gasteiger partial charge in [-0.05, 0) is 32.4 Å². The van der Waals surface area contributed by atoms with Gasteiger partial charge in [-0.25, -0.2) is 0 Å². The van der Waals surface area contributed by atoms with Crippen molar-refractivity contribution in [2.24, 2.45) is 11.1 Å². The summed E-state index contributed by atoms with van der Waals surface area (Å²) in [6.07, 6.45) is 2.79. The van der Waals surface area contributed by atoms with Gasteiger partial charge in [-0.3, -0.25) is 10.5 Å². The van der Waals surface area contributed by atoms with Gasteiger partial charge in [0, 0.05) is 0 Å². The minimum absolute atomic E-state index is 0.303. The number of ether oxygens (including phenoxy) is 1. The fourth-order valence-corrected chi connectivity index (χ4v) is 1.11. The molecule has 1 aromatic rings. The van der Waals surface area contributed by atoms with Crippen molar-refractivity contribution >= 4 is 12.0 Å². The van der Waals surface area contributed by atoms with Gasteiger partial charge in [0.25, 0.3) is 0 Å². The predicted molar refractivity (Wildman–Crippen MR) is 69.0 cm³/mol. The first kappa shape index (κ1) is 13.5. The molecule has 0 amide bonds. The van der Waals surface area contributed by atoms with Gasteiger partial charge in [-0.2, -0.15) is 0 Å². The molecule has 0 saturated carbocycles. The Morgan fingerprint density at radius 2 is 1.88 bits per heavy atom. The van der Waals surface area contributed by atoms with E-state index in [0.29, 0.717) is 0 Å². The number of carbonyl (C=O) groups excluding carboxylic acids is 1. The van der Waals surface area contributed by atoms with Crippen LogP contribution in [0.25, 0.3) is 6.08 Å². The van der Waals surface area contributed by atoms with Gasteiger partial charge in [0.15, 0.2) is 6.23 Å². The molecule has 0 aliphatic carbocycles. The molecule has 0 aliphatic rings. The quantitative estimate of drug-likeness (QED) is 0.645. The normalized spacial score (nSPS) is 13.6. The van der Waals surface area contributed by atoms with Crippen molar-refractivity contribution in [2.45, 2.75) is 27.0 Å². The molecule has 1 rings (SSSR count). The second kappa shape index (κ2) is 5.64. The summed E-state index contributed by atoms with van der Waals surface area (Å²) in [6.45, 7) is 5.38. The highest BCUT2D eigenvalue weighted by atomic mass is 16.6. The fraction of sp³-hybridized carbons (Fsp3) is 0.357. The highest BCUT2D eigenvalue weighted by Crippen LogP contribution is 2.15. The van der Waals surface area contributed by atoms with E-state index in [9.17, 15) is 4.79 Å². The Morgan fingerprint density at radius 3 is 2.41 bits per heavy atom. The standard InChI is InChI=1S/C14H19NO2/c1-14(2,3)13(16)17-12(15)10-9-11-7-5-4-6-8-11/h4-10,12H,15H2,1-3H3/b10-9+. The molecule has 0 bridgehead atoms. The minimum Gasteiger partial charge on any atom is -0.443 e. The fourth-order valence-electron chi connectivity index (χ4n) is 1.11. The summed E-state index contributed by atoms with van der Waals surface area (Å²) < 4.78 is 5.09. The molecule has 0 fully saturated rings. The summed E-state index contributed by atoms with van der Waals surface area (Å²) in [7, 11) is 0. The van der Waals surface area contributed by atoms with Crippen molar-refractivity contribution in [1.29, 1.82) is 0 Å². The lowest BCUT2D eigenvalue weighted by molar-refractivity contribution is -0.156. The second-order valence-corrected chi connectivity index (χ2v) is 4.89. The van der Waals surface area contributed by atoms with Crippen molar-refractivity contribution in [1.82, 2.24) is 0 Å². The molecule has 0 saturated heterocycles. The van der Waals surface area contributed by atoms with E-state index in [2.05, 4.69) is 0 Å². The van der Waals surface area contributed by atoms with Crippen molar-refractivity contribution < 1.29 is 9.53 Å². The molecule has 1 aromatic carbocycles. The van der Waals surface area contributed by atoms with Crippen molar-refractivity contribution in [3.05, 3.63) is 42.0 Å². The third-order valence-electron chi connectivity index (χ3n) is 2.13. The van der Waals surface area contributed by atoms with Crippen LogP contribution in [0.5, 0.6) is 0 Å². The first-order valence-corrected chi connectivity index (χ1v) is 5.59. The smallest absolute Gasteiger partial charge is 0.313 e. The molecule has 0 spiro atoms. The Bertz CT molecular complexity index is 390. The number of nitrogens with two attached hydrogens (primary N) is 1. The number of carbonyl (C=O) groups is 1. The molecule has 0 aromatic heterocycles. The summed E-state index contributed by atoms with van der Waals surface area (Å²) >= 11 is 0. The van der Waals surface area contributed by atoms with E-state index in [1.54, 1.807) is 26.8 Å². The Kier molecular flexibility index (Phi) is 4.46. The van der Waals surface area contributed by atoms with Crippen LogP contribution in [0.2, 0.25) is 0 Å². The summed E-state index contributed by atoms with van der Waals surface area (Å²) in [5.74, 6) is -0.303. The topological polar surface area (TPSA) is 52.3 Å². The van der Waals surface area contributed by atoms with Crippen LogP contribution in [0.4, 0.5) is 0 Å². The maximum Gasteiger partial charge on any atom is 0.313 e. The molecular formula is C14H19NO2. The van der Waals surface area contributed by atoms with E-state index in [0.717, 1.165) is 5.56 Å². The summed E-state index contributed by atoms with van der Waals surface area (Å²) in [5, 5.41) is 0. The third-order valence-corrected chi connectivity index (χ3v) is 2.13. The molecule has 0 aliphatic heterocycles. The summed E-state index contributed by atoms with van der Waals surface area (Å²) in [5.41, 5.74) is 6.18. The monoisotopic (exact) mass is 233 g/mol. The number of esters is 1. The van der Waals surface area contributed by atoms with E-state index < -0.39 is 11.6 Å². The molecule has 1 unspecified atom stereocenters. The van der Waals surface area contributed by atoms with Crippen LogP contribution in [0.1, 0.15) is 26.3 Å². The van der Waals surface area contributed by atoms with Gasteiger partial charge in [0.2, 0.25) is 0 Å². The van der Waals surface area contributed by atoms with E-state index in [-0.39, 0.29) is 5.97 Å². The molecule has 0 radical (unpaired) electrons. The maximum atomic E-state index is 11.6. The largest absolute Gasteiger partial charge is 0.443 e. The number of hydrogen-bond acceptors (Lipinski definition) is 3. The van der Waals surface area contributed by atoms with Crippen LogP contribution in [-0.4, -0.2) is 12.2 Å². The Morgan fingerprint density at radius 1 is 1.29 bits per heavy atom. The van der Waals surface area contributed by atoms with Crippen LogP contribution in [0, 0.1) is 5.41 Å². The highest BCUT2D eigenvalue weighted by Gasteiger charge is 2.24. The molecule has 17 heavy (non-hydrogen) atoms. The van der Waals surface area contributed by atoms with Crippen LogP contribution < -0.4 is 5.73 Å². The predicted octanol–water partition coefficient (Wildman–Crippen LogP) is 2.57. The lowest BCUT2D eigenvalue weighted by Gasteiger charge is -2.18. The zero-order valence-corrected chi connectivity index (χ0v) is 10.5. The lowest BCUT2D eigenvalue weighted by Crippen LogP contribution is -2.31. The Balaban J connectivity index is 2.53. The minimum atomic E-state index is -0.707. The van der Waals surface area contributed by atoms with Gasteiger partial charge in [-0.15, -0.1) is 0 Å². The zero-order valence-electron chi connectivity index (χ0n) is 10.5. The Labute approximate surface area is 102 Å². The van der Waals surface area contributed by atoms with Crippen LogP contribution in [0.15, 0.2) is 36.4 Å². The average Bonchev–Trinajstić information content (AvgIpc) is 2.26. The summed E-state index contributed by atoms with van der Waals surface area (Å²) in [6, 6.07) is 9.72. The van der Waals surface area contributed by atoms with Crippen LogP contribution >= 0.6 is 0 Å². The molecule has 3 heteroatoms. The van der Waals surface area contributed by atoms with E-state index >= 15 is 0 Å². The van der Waals surface area contributed by atoms with Crippen molar-refractivity contribution in [3.63, 3.8) is 0 Å². The van der Waals surface area contributed by atoms with E-state index in [1.807, 2.05) is 36.4 Å². The van der Waals surface area contributed by atoms with Crippen molar-refractivity contribution in [2.75, 3.05) is 0 Å². The van der Waals surface area contributed by atoms with E-state index in [4.69, 9.17) is 10.5 Å². The first-order chi connectivity index (χ1) is 7.89. The average molecular weight is 233 g/mol. The maximum absolute atomic E-state index is 11.6. The van der Waals surface area contributed by atoms with Gasteiger partial charge in [0.05, 0.1) is 5.41 Å². The molecular weight excluding hydrogens is 214 g/mol. The summed E-state index contributed by atoms with van der Waals surface area (Å²) in [4.78, 5) is 11.6.